The molecule has 0 fully saturated rings. The lowest BCUT2D eigenvalue weighted by molar-refractivity contribution is -0.128. The largest absolute Gasteiger partial charge is 0.484 e. The second kappa shape index (κ2) is 8.88. The standard InChI is InChI=1S/C18H17BrN2O3/c1-13-2-4-14(5-3-13)6-11-17(22)20-21-18(23)12-24-16-9-7-15(19)8-10-16/h2-11H,12H2,1H3,(H,20,22)(H,21,23)/b11-6+. The summed E-state index contributed by atoms with van der Waals surface area (Å²) >= 11 is 3.31. The van der Waals surface area contributed by atoms with Crippen molar-refractivity contribution in [3.63, 3.8) is 0 Å². The predicted molar refractivity (Wildman–Crippen MR) is 96.1 cm³/mol. The molecule has 2 rings (SSSR count). The highest BCUT2D eigenvalue weighted by molar-refractivity contribution is 9.10. The molecule has 5 nitrogen and oxygen atoms in total. The van der Waals surface area contributed by atoms with E-state index in [2.05, 4.69) is 26.8 Å². The SMILES string of the molecule is Cc1ccc(/C=C/C(=O)NNC(=O)COc2ccc(Br)cc2)cc1. The normalized spacial score (nSPS) is 10.4. The minimum Gasteiger partial charge on any atom is -0.484 e. The molecule has 0 heterocycles. The highest BCUT2D eigenvalue weighted by atomic mass is 79.9. The van der Waals surface area contributed by atoms with Gasteiger partial charge in [-0.3, -0.25) is 20.4 Å². The van der Waals surface area contributed by atoms with E-state index in [0.29, 0.717) is 5.75 Å². The quantitative estimate of drug-likeness (QED) is 0.610. The van der Waals surface area contributed by atoms with Crippen LogP contribution in [0.4, 0.5) is 0 Å². The predicted octanol–water partition coefficient (Wildman–Crippen LogP) is 3.00. The van der Waals surface area contributed by atoms with Crippen LogP contribution in [-0.4, -0.2) is 18.4 Å². The number of carbonyl (C=O) groups excluding carboxylic acids is 2. The van der Waals surface area contributed by atoms with Gasteiger partial charge in [0, 0.05) is 10.5 Å². The minimum absolute atomic E-state index is 0.191. The number of hydrogen-bond donors (Lipinski definition) is 2. The van der Waals surface area contributed by atoms with Crippen LogP contribution < -0.4 is 15.6 Å². The number of rotatable bonds is 5. The molecule has 0 aromatic heterocycles. The van der Waals surface area contributed by atoms with Gasteiger partial charge in [0.05, 0.1) is 0 Å². The van der Waals surface area contributed by atoms with Crippen LogP contribution in [0.2, 0.25) is 0 Å². The topological polar surface area (TPSA) is 67.4 Å². The Labute approximate surface area is 148 Å². The number of hydrazine groups is 1. The molecule has 0 aliphatic rings. The summed E-state index contributed by atoms with van der Waals surface area (Å²) in [5.74, 6) is -0.304. The Balaban J connectivity index is 1.71. The molecule has 24 heavy (non-hydrogen) atoms. The maximum atomic E-state index is 11.6. The van der Waals surface area contributed by atoms with Gasteiger partial charge in [-0.1, -0.05) is 45.8 Å². The second-order valence-corrected chi connectivity index (χ2v) is 5.94. The van der Waals surface area contributed by atoms with Crippen molar-refractivity contribution in [1.29, 1.82) is 0 Å². The van der Waals surface area contributed by atoms with Crippen LogP contribution in [-0.2, 0) is 9.59 Å². The monoisotopic (exact) mass is 388 g/mol. The van der Waals surface area contributed by atoms with Crippen LogP contribution in [0.5, 0.6) is 5.75 Å². The van der Waals surface area contributed by atoms with E-state index in [4.69, 9.17) is 4.74 Å². The maximum absolute atomic E-state index is 11.6. The van der Waals surface area contributed by atoms with Crippen LogP contribution >= 0.6 is 15.9 Å². The zero-order valence-corrected chi connectivity index (χ0v) is 14.7. The van der Waals surface area contributed by atoms with E-state index in [1.165, 1.54) is 6.08 Å². The van der Waals surface area contributed by atoms with Crippen molar-refractivity contribution in [1.82, 2.24) is 10.9 Å². The lowest BCUT2D eigenvalue weighted by Gasteiger charge is -2.07. The average Bonchev–Trinajstić information content (AvgIpc) is 2.59. The number of carbonyl (C=O) groups is 2. The smallest absolute Gasteiger partial charge is 0.276 e. The zero-order chi connectivity index (χ0) is 17.4. The average molecular weight is 389 g/mol. The zero-order valence-electron chi connectivity index (χ0n) is 13.1. The third-order valence-corrected chi connectivity index (χ3v) is 3.54. The van der Waals surface area contributed by atoms with Gasteiger partial charge in [0.15, 0.2) is 6.61 Å². The third kappa shape index (κ3) is 6.26. The Hall–Kier alpha value is -2.60. The molecule has 0 aliphatic carbocycles. The fourth-order valence-electron chi connectivity index (χ4n) is 1.74. The first-order chi connectivity index (χ1) is 11.5. The fourth-order valence-corrected chi connectivity index (χ4v) is 2.00. The summed E-state index contributed by atoms with van der Waals surface area (Å²) in [5, 5.41) is 0. The lowest BCUT2D eigenvalue weighted by Crippen LogP contribution is -2.43. The van der Waals surface area contributed by atoms with E-state index in [-0.39, 0.29) is 6.61 Å². The highest BCUT2D eigenvalue weighted by Gasteiger charge is 2.03. The lowest BCUT2D eigenvalue weighted by atomic mass is 10.1. The summed E-state index contributed by atoms with van der Waals surface area (Å²) in [5.41, 5.74) is 6.63. The molecule has 2 N–H and O–H groups in total. The van der Waals surface area contributed by atoms with Gasteiger partial charge >= 0.3 is 0 Å². The van der Waals surface area contributed by atoms with Gasteiger partial charge in [-0.2, -0.15) is 0 Å². The van der Waals surface area contributed by atoms with Crippen LogP contribution in [0.25, 0.3) is 6.08 Å². The summed E-state index contributed by atoms with van der Waals surface area (Å²) in [4.78, 5) is 23.3. The van der Waals surface area contributed by atoms with Crippen molar-refractivity contribution in [3.05, 3.63) is 70.2 Å². The molecule has 0 aliphatic heterocycles. The number of benzene rings is 2. The number of ether oxygens (including phenoxy) is 1. The minimum atomic E-state index is -0.449. The van der Waals surface area contributed by atoms with Crippen LogP contribution in [0.3, 0.4) is 0 Å². The molecule has 0 radical (unpaired) electrons. The van der Waals surface area contributed by atoms with Crippen molar-refractivity contribution in [2.24, 2.45) is 0 Å². The first-order valence-electron chi connectivity index (χ1n) is 7.25. The van der Waals surface area contributed by atoms with Crippen molar-refractivity contribution >= 4 is 33.8 Å². The van der Waals surface area contributed by atoms with Crippen molar-refractivity contribution in [3.8, 4) is 5.75 Å². The van der Waals surface area contributed by atoms with E-state index in [0.717, 1.165) is 15.6 Å². The van der Waals surface area contributed by atoms with Crippen molar-refractivity contribution in [2.75, 3.05) is 6.61 Å². The van der Waals surface area contributed by atoms with E-state index < -0.39 is 11.8 Å². The number of nitrogens with one attached hydrogen (secondary N) is 2. The summed E-state index contributed by atoms with van der Waals surface area (Å²) in [7, 11) is 0. The van der Waals surface area contributed by atoms with Crippen molar-refractivity contribution < 1.29 is 14.3 Å². The fraction of sp³-hybridized carbons (Fsp3) is 0.111. The third-order valence-electron chi connectivity index (χ3n) is 3.01. The number of amides is 2. The number of halogens is 1. The molecule has 0 saturated carbocycles. The molecule has 2 aromatic rings. The van der Waals surface area contributed by atoms with Gasteiger partial charge in [-0.15, -0.1) is 0 Å². The summed E-state index contributed by atoms with van der Waals surface area (Å²) < 4.78 is 6.22. The highest BCUT2D eigenvalue weighted by Crippen LogP contribution is 2.15. The Morgan fingerprint density at radius 3 is 2.38 bits per heavy atom. The maximum Gasteiger partial charge on any atom is 0.276 e. The van der Waals surface area contributed by atoms with Crippen molar-refractivity contribution in [2.45, 2.75) is 6.92 Å². The van der Waals surface area contributed by atoms with Crippen LogP contribution in [0.1, 0.15) is 11.1 Å². The second-order valence-electron chi connectivity index (χ2n) is 5.02. The molecule has 0 saturated heterocycles. The first-order valence-corrected chi connectivity index (χ1v) is 8.04. The van der Waals surface area contributed by atoms with E-state index >= 15 is 0 Å². The Morgan fingerprint density at radius 2 is 1.71 bits per heavy atom. The number of hydrogen-bond acceptors (Lipinski definition) is 3. The molecule has 2 aromatic carbocycles. The summed E-state index contributed by atoms with van der Waals surface area (Å²) in [6, 6.07) is 14.8. The molecular formula is C18H17BrN2O3. The molecule has 2 amide bonds. The van der Waals surface area contributed by atoms with Crippen LogP contribution in [0, 0.1) is 6.92 Å². The van der Waals surface area contributed by atoms with E-state index in [1.54, 1.807) is 18.2 Å². The molecule has 0 atom stereocenters. The molecule has 0 unspecified atom stereocenters. The van der Waals surface area contributed by atoms with Gasteiger partial charge in [-0.25, -0.2) is 0 Å². The summed E-state index contributed by atoms with van der Waals surface area (Å²) in [6.07, 6.45) is 3.01. The molecule has 0 bridgehead atoms. The molecule has 6 heteroatoms. The van der Waals surface area contributed by atoms with E-state index in [9.17, 15) is 9.59 Å². The Morgan fingerprint density at radius 1 is 1.04 bits per heavy atom. The van der Waals surface area contributed by atoms with Gasteiger partial charge in [0.1, 0.15) is 5.75 Å². The van der Waals surface area contributed by atoms with Gasteiger partial charge in [0.2, 0.25) is 0 Å². The van der Waals surface area contributed by atoms with Crippen LogP contribution in [0.15, 0.2) is 59.1 Å². The van der Waals surface area contributed by atoms with Gasteiger partial charge < -0.3 is 4.74 Å². The first kappa shape index (κ1) is 17.7. The Kier molecular flexibility index (Phi) is 6.57. The van der Waals surface area contributed by atoms with Gasteiger partial charge in [0.25, 0.3) is 11.8 Å². The molecule has 124 valence electrons. The Bertz CT molecular complexity index is 725. The molecule has 0 spiro atoms. The van der Waals surface area contributed by atoms with E-state index in [1.807, 2.05) is 43.3 Å². The van der Waals surface area contributed by atoms with Gasteiger partial charge in [-0.05, 0) is 42.8 Å². The summed E-state index contributed by atoms with van der Waals surface area (Å²) in [6.45, 7) is 1.80. The number of aryl methyl sites for hydroxylation is 1. The molecular weight excluding hydrogens is 372 g/mol.